The van der Waals surface area contributed by atoms with Gasteiger partial charge in [-0.15, -0.1) is 11.3 Å². The highest BCUT2D eigenvalue weighted by Crippen LogP contribution is 2.36. The number of aromatic nitrogens is 1. The van der Waals surface area contributed by atoms with Crippen LogP contribution in [0.25, 0.3) is 0 Å². The molecule has 1 aromatic carbocycles. The molecule has 0 bridgehead atoms. The summed E-state index contributed by atoms with van der Waals surface area (Å²) in [6, 6.07) is 5.13. The number of likely N-dealkylation sites (tertiary alicyclic amines) is 1. The van der Waals surface area contributed by atoms with Crippen LogP contribution in [0.1, 0.15) is 34.3 Å². The van der Waals surface area contributed by atoms with Crippen LogP contribution in [0.5, 0.6) is 0 Å². The predicted molar refractivity (Wildman–Crippen MR) is 82.1 cm³/mol. The van der Waals surface area contributed by atoms with Crippen molar-refractivity contribution in [3.8, 4) is 0 Å². The Morgan fingerprint density at radius 1 is 1.30 bits per heavy atom. The highest BCUT2D eigenvalue weighted by atomic mass is 32.1. The van der Waals surface area contributed by atoms with Crippen molar-refractivity contribution in [1.29, 1.82) is 0 Å². The minimum Gasteiger partial charge on any atom is -0.392 e. The van der Waals surface area contributed by atoms with E-state index in [1.165, 1.54) is 12.1 Å². The van der Waals surface area contributed by atoms with E-state index in [4.69, 9.17) is 0 Å². The van der Waals surface area contributed by atoms with Crippen LogP contribution < -0.4 is 0 Å². The summed E-state index contributed by atoms with van der Waals surface area (Å²) >= 11 is 1.56. The number of thiazole rings is 1. The normalized spacial score (nSPS) is 22.7. The topological polar surface area (TPSA) is 36.4 Å². The Kier molecular flexibility index (Phi) is 4.44. The van der Waals surface area contributed by atoms with Crippen molar-refractivity contribution in [2.24, 2.45) is 0 Å². The number of nitrogens with zero attached hydrogens (tertiary/aromatic N) is 2. The second-order valence-corrected chi connectivity index (χ2v) is 6.78. The van der Waals surface area contributed by atoms with E-state index in [2.05, 4.69) is 9.88 Å². The average Bonchev–Trinajstić information content (AvgIpc) is 3.04. The zero-order chi connectivity index (χ0) is 16.6. The van der Waals surface area contributed by atoms with Crippen LogP contribution in [0.15, 0.2) is 29.6 Å². The van der Waals surface area contributed by atoms with Crippen molar-refractivity contribution >= 4 is 11.3 Å². The highest BCUT2D eigenvalue weighted by Gasteiger charge is 2.34. The number of aryl methyl sites for hydroxylation is 1. The van der Waals surface area contributed by atoms with Crippen LogP contribution in [0.4, 0.5) is 13.2 Å². The molecule has 3 nitrogen and oxygen atoms in total. The molecule has 23 heavy (non-hydrogen) atoms. The first-order valence-electron chi connectivity index (χ1n) is 7.33. The van der Waals surface area contributed by atoms with Crippen LogP contribution in [-0.2, 0) is 12.7 Å². The van der Waals surface area contributed by atoms with E-state index in [1.807, 2.05) is 12.3 Å². The fourth-order valence-corrected chi connectivity index (χ4v) is 3.74. The van der Waals surface area contributed by atoms with E-state index in [0.29, 0.717) is 19.5 Å². The van der Waals surface area contributed by atoms with E-state index in [9.17, 15) is 18.3 Å². The molecule has 2 aromatic rings. The second-order valence-electron chi connectivity index (χ2n) is 5.84. The maximum absolute atomic E-state index is 12.7. The number of alkyl halides is 3. The van der Waals surface area contributed by atoms with Gasteiger partial charge in [0.2, 0.25) is 0 Å². The van der Waals surface area contributed by atoms with Gasteiger partial charge in [0.25, 0.3) is 0 Å². The summed E-state index contributed by atoms with van der Waals surface area (Å²) in [5.41, 5.74) is 1.10. The van der Waals surface area contributed by atoms with Crippen molar-refractivity contribution in [3.05, 3.63) is 51.5 Å². The monoisotopic (exact) mass is 342 g/mol. The number of aliphatic hydroxyl groups is 1. The minimum atomic E-state index is -4.33. The molecule has 1 aromatic heterocycles. The number of benzene rings is 1. The lowest BCUT2D eigenvalue weighted by Crippen LogP contribution is -2.24. The van der Waals surface area contributed by atoms with Crippen LogP contribution in [0, 0.1) is 6.92 Å². The fraction of sp³-hybridized carbons (Fsp3) is 0.438. The molecule has 1 aliphatic rings. The van der Waals surface area contributed by atoms with E-state index in [-0.39, 0.29) is 6.04 Å². The molecular formula is C16H17F3N2OS. The molecule has 0 amide bonds. The first kappa shape index (κ1) is 16.4. The molecule has 7 heteroatoms. The standard InChI is InChI=1S/C16H17F3N2OS/c1-10-9-23-15(20-10)8-21-7-13(22)6-14(21)11-2-4-12(5-3-11)16(17,18)19/h2-5,9,13-14,22H,6-8H2,1H3. The summed E-state index contributed by atoms with van der Waals surface area (Å²) in [6.45, 7) is 3.03. The Balaban J connectivity index is 1.79. The summed E-state index contributed by atoms with van der Waals surface area (Å²) in [7, 11) is 0. The number of aliphatic hydroxyl groups excluding tert-OH is 1. The quantitative estimate of drug-likeness (QED) is 0.922. The molecule has 124 valence electrons. The summed E-state index contributed by atoms with van der Waals surface area (Å²) in [5, 5.41) is 12.9. The maximum atomic E-state index is 12.7. The second kappa shape index (κ2) is 6.22. The molecule has 0 aliphatic carbocycles. The van der Waals surface area contributed by atoms with Gasteiger partial charge in [-0.3, -0.25) is 4.90 Å². The Morgan fingerprint density at radius 3 is 2.57 bits per heavy atom. The van der Waals surface area contributed by atoms with Gasteiger partial charge in [0.1, 0.15) is 5.01 Å². The van der Waals surface area contributed by atoms with E-state index in [0.717, 1.165) is 28.4 Å². The Bertz CT molecular complexity index is 669. The number of rotatable bonds is 3. The molecule has 1 N–H and O–H groups in total. The third kappa shape index (κ3) is 3.73. The summed E-state index contributed by atoms with van der Waals surface area (Å²) in [6.07, 6.45) is -4.27. The van der Waals surface area contributed by atoms with Crippen molar-refractivity contribution in [2.45, 2.75) is 38.2 Å². The third-order valence-electron chi connectivity index (χ3n) is 4.01. The molecule has 0 saturated carbocycles. The molecule has 0 radical (unpaired) electrons. The summed E-state index contributed by atoms with van der Waals surface area (Å²) in [5.74, 6) is 0. The van der Waals surface area contributed by atoms with Gasteiger partial charge in [-0.05, 0) is 31.0 Å². The van der Waals surface area contributed by atoms with Gasteiger partial charge in [-0.2, -0.15) is 13.2 Å². The predicted octanol–water partition coefficient (Wildman–Crippen LogP) is 3.78. The van der Waals surface area contributed by atoms with Gasteiger partial charge in [-0.25, -0.2) is 4.98 Å². The van der Waals surface area contributed by atoms with Crippen molar-refractivity contribution in [1.82, 2.24) is 9.88 Å². The molecular weight excluding hydrogens is 325 g/mol. The highest BCUT2D eigenvalue weighted by molar-refractivity contribution is 7.09. The Morgan fingerprint density at radius 2 is 2.00 bits per heavy atom. The first-order valence-corrected chi connectivity index (χ1v) is 8.21. The Labute approximate surface area is 136 Å². The lowest BCUT2D eigenvalue weighted by Gasteiger charge is -2.23. The van der Waals surface area contributed by atoms with Gasteiger partial charge < -0.3 is 5.11 Å². The zero-order valence-electron chi connectivity index (χ0n) is 12.5. The minimum absolute atomic E-state index is 0.0866. The van der Waals surface area contributed by atoms with Gasteiger partial charge in [0.15, 0.2) is 0 Å². The lowest BCUT2D eigenvalue weighted by molar-refractivity contribution is -0.137. The fourth-order valence-electron chi connectivity index (χ4n) is 2.94. The Hall–Kier alpha value is -1.44. The van der Waals surface area contributed by atoms with Crippen LogP contribution in [0.2, 0.25) is 0 Å². The van der Waals surface area contributed by atoms with Crippen molar-refractivity contribution in [3.63, 3.8) is 0 Å². The van der Waals surface area contributed by atoms with Crippen molar-refractivity contribution in [2.75, 3.05) is 6.54 Å². The molecule has 2 heterocycles. The van der Waals surface area contributed by atoms with Crippen LogP contribution >= 0.6 is 11.3 Å². The van der Waals surface area contributed by atoms with Crippen LogP contribution in [0.3, 0.4) is 0 Å². The molecule has 2 unspecified atom stereocenters. The van der Waals surface area contributed by atoms with E-state index < -0.39 is 17.8 Å². The van der Waals surface area contributed by atoms with Gasteiger partial charge in [0.05, 0.1) is 18.2 Å². The number of hydrogen-bond donors (Lipinski definition) is 1. The smallest absolute Gasteiger partial charge is 0.392 e. The van der Waals surface area contributed by atoms with Crippen molar-refractivity contribution < 1.29 is 18.3 Å². The molecule has 1 saturated heterocycles. The van der Waals surface area contributed by atoms with E-state index in [1.54, 1.807) is 11.3 Å². The van der Waals surface area contributed by atoms with Crippen LogP contribution in [-0.4, -0.2) is 27.6 Å². The number of halogens is 3. The number of β-amino-alcohol motifs (C(OH)–C–C–N with tert-alkyl or cyclic N) is 1. The van der Waals surface area contributed by atoms with E-state index >= 15 is 0 Å². The summed E-state index contributed by atoms with van der Waals surface area (Å²) in [4.78, 5) is 6.50. The van der Waals surface area contributed by atoms with Gasteiger partial charge >= 0.3 is 6.18 Å². The first-order chi connectivity index (χ1) is 10.8. The van der Waals surface area contributed by atoms with Gasteiger partial charge in [0, 0.05) is 23.7 Å². The lowest BCUT2D eigenvalue weighted by atomic mass is 10.0. The molecule has 1 fully saturated rings. The third-order valence-corrected chi connectivity index (χ3v) is 4.96. The molecule has 3 rings (SSSR count). The molecule has 1 aliphatic heterocycles. The average molecular weight is 342 g/mol. The SMILES string of the molecule is Cc1csc(CN2CC(O)CC2c2ccc(C(F)(F)F)cc2)n1. The zero-order valence-corrected chi connectivity index (χ0v) is 13.4. The maximum Gasteiger partial charge on any atom is 0.416 e. The number of hydrogen-bond acceptors (Lipinski definition) is 4. The van der Waals surface area contributed by atoms with Gasteiger partial charge in [-0.1, -0.05) is 12.1 Å². The molecule has 2 atom stereocenters. The largest absolute Gasteiger partial charge is 0.416 e. The molecule has 0 spiro atoms. The summed E-state index contributed by atoms with van der Waals surface area (Å²) < 4.78 is 38.0.